The van der Waals surface area contributed by atoms with Gasteiger partial charge in [0.05, 0.1) is 12.3 Å². The van der Waals surface area contributed by atoms with Crippen LogP contribution in [0, 0.1) is 0 Å². The Labute approximate surface area is 140 Å². The van der Waals surface area contributed by atoms with E-state index in [1.54, 1.807) is 6.08 Å². The molecule has 3 rings (SSSR count). The predicted octanol–water partition coefficient (Wildman–Crippen LogP) is 3.86. The van der Waals surface area contributed by atoms with Crippen molar-refractivity contribution in [1.82, 2.24) is 0 Å². The summed E-state index contributed by atoms with van der Waals surface area (Å²) in [6, 6.07) is 12.9. The Morgan fingerprint density at radius 1 is 1.21 bits per heavy atom. The lowest BCUT2D eigenvalue weighted by Crippen LogP contribution is -2.09. The number of rotatable bonds is 6. The molecule has 1 amide bonds. The second-order valence-corrected chi connectivity index (χ2v) is 5.28. The molecule has 0 saturated carbocycles. The van der Waals surface area contributed by atoms with Crippen LogP contribution in [0.15, 0.2) is 48.5 Å². The molecule has 0 aromatic heterocycles. The van der Waals surface area contributed by atoms with Crippen molar-refractivity contribution in [3.05, 3.63) is 54.1 Å². The molecular weight excluding hydrogens is 306 g/mol. The van der Waals surface area contributed by atoms with Gasteiger partial charge in [-0.15, -0.1) is 0 Å². The van der Waals surface area contributed by atoms with E-state index in [1.165, 1.54) is 6.08 Å². The number of carbonyl (C=O) groups is 1. The van der Waals surface area contributed by atoms with Gasteiger partial charge in [-0.3, -0.25) is 4.79 Å². The summed E-state index contributed by atoms with van der Waals surface area (Å²) in [6.45, 7) is 2.88. The summed E-state index contributed by atoms with van der Waals surface area (Å²) in [5.74, 6) is 1.86. The average Bonchev–Trinajstić information content (AvgIpc) is 3.07. The fraction of sp³-hybridized carbons (Fsp3) is 0.211. The predicted molar refractivity (Wildman–Crippen MR) is 92.5 cm³/mol. The molecule has 124 valence electrons. The van der Waals surface area contributed by atoms with Crippen molar-refractivity contribution >= 4 is 17.7 Å². The van der Waals surface area contributed by atoms with Crippen LogP contribution >= 0.6 is 0 Å². The van der Waals surface area contributed by atoms with Gasteiger partial charge in [-0.2, -0.15) is 0 Å². The van der Waals surface area contributed by atoms with E-state index in [0.717, 1.165) is 17.7 Å². The standard InChI is InChI=1S/C19H19NO4/c1-2-11-22-16-6-4-3-5-15(16)20-19(21)10-8-14-7-9-17-18(12-14)24-13-23-17/h3-10,12H,2,11,13H2,1H3,(H,20,21)/b10-8+. The highest BCUT2D eigenvalue weighted by atomic mass is 16.7. The number of fused-ring (bicyclic) bond motifs is 1. The molecule has 5 heteroatoms. The topological polar surface area (TPSA) is 56.8 Å². The van der Waals surface area contributed by atoms with Crippen LogP contribution in [0.25, 0.3) is 6.08 Å². The van der Waals surface area contributed by atoms with Gasteiger partial charge in [0.2, 0.25) is 12.7 Å². The number of hydrogen-bond acceptors (Lipinski definition) is 4. The summed E-state index contributed by atoms with van der Waals surface area (Å²) in [5.41, 5.74) is 1.52. The van der Waals surface area contributed by atoms with Crippen LogP contribution in [-0.4, -0.2) is 19.3 Å². The van der Waals surface area contributed by atoms with Gasteiger partial charge >= 0.3 is 0 Å². The van der Waals surface area contributed by atoms with Crippen molar-refractivity contribution in [2.75, 3.05) is 18.7 Å². The molecule has 0 unspecified atom stereocenters. The summed E-state index contributed by atoms with van der Waals surface area (Å²) in [7, 11) is 0. The normalized spacial score (nSPS) is 12.4. The van der Waals surface area contributed by atoms with E-state index in [2.05, 4.69) is 5.32 Å². The van der Waals surface area contributed by atoms with Gasteiger partial charge in [-0.1, -0.05) is 25.1 Å². The number of carbonyl (C=O) groups excluding carboxylic acids is 1. The minimum Gasteiger partial charge on any atom is -0.491 e. The van der Waals surface area contributed by atoms with Crippen LogP contribution in [0.4, 0.5) is 5.69 Å². The van der Waals surface area contributed by atoms with Gasteiger partial charge in [0.15, 0.2) is 11.5 Å². The minimum atomic E-state index is -0.222. The maximum atomic E-state index is 12.1. The minimum absolute atomic E-state index is 0.222. The number of benzene rings is 2. The smallest absolute Gasteiger partial charge is 0.248 e. The third kappa shape index (κ3) is 3.87. The van der Waals surface area contributed by atoms with Gasteiger partial charge in [-0.05, 0) is 42.3 Å². The first-order valence-corrected chi connectivity index (χ1v) is 7.87. The van der Waals surface area contributed by atoms with Crippen molar-refractivity contribution in [3.8, 4) is 17.2 Å². The van der Waals surface area contributed by atoms with Gasteiger partial charge in [0.1, 0.15) is 5.75 Å². The zero-order chi connectivity index (χ0) is 16.8. The van der Waals surface area contributed by atoms with E-state index in [9.17, 15) is 4.79 Å². The number of amides is 1. The molecule has 0 spiro atoms. The van der Waals surface area contributed by atoms with Gasteiger partial charge < -0.3 is 19.5 Å². The lowest BCUT2D eigenvalue weighted by atomic mass is 10.2. The first kappa shape index (κ1) is 15.9. The molecule has 2 aromatic carbocycles. The molecule has 0 bridgehead atoms. The van der Waals surface area contributed by atoms with Gasteiger partial charge in [0, 0.05) is 6.08 Å². The molecule has 5 nitrogen and oxygen atoms in total. The monoisotopic (exact) mass is 325 g/mol. The molecule has 0 radical (unpaired) electrons. The highest BCUT2D eigenvalue weighted by molar-refractivity contribution is 6.02. The molecule has 1 N–H and O–H groups in total. The van der Waals surface area contributed by atoms with Crippen LogP contribution in [-0.2, 0) is 4.79 Å². The molecule has 2 aromatic rings. The Kier molecular flexibility index (Phi) is 5.01. The molecule has 1 heterocycles. The summed E-state index contributed by atoms with van der Waals surface area (Å²) < 4.78 is 16.2. The van der Waals surface area contributed by atoms with Crippen LogP contribution in [0.1, 0.15) is 18.9 Å². The summed E-state index contributed by atoms with van der Waals surface area (Å²) in [5, 5.41) is 2.84. The van der Waals surface area contributed by atoms with Crippen LogP contribution in [0.3, 0.4) is 0 Å². The quantitative estimate of drug-likeness (QED) is 0.820. The molecule has 0 aliphatic carbocycles. The first-order valence-electron chi connectivity index (χ1n) is 7.87. The number of para-hydroxylation sites is 2. The van der Waals surface area contributed by atoms with Crippen molar-refractivity contribution < 1.29 is 19.0 Å². The van der Waals surface area contributed by atoms with Crippen LogP contribution < -0.4 is 19.5 Å². The second-order valence-electron chi connectivity index (χ2n) is 5.28. The highest BCUT2D eigenvalue weighted by Crippen LogP contribution is 2.32. The van der Waals surface area contributed by atoms with E-state index in [0.29, 0.717) is 23.8 Å². The largest absolute Gasteiger partial charge is 0.491 e. The Bertz CT molecular complexity index is 755. The molecule has 1 aliphatic heterocycles. The van der Waals surface area contributed by atoms with Crippen LogP contribution in [0.5, 0.6) is 17.2 Å². The lowest BCUT2D eigenvalue weighted by Gasteiger charge is -2.10. The summed E-state index contributed by atoms with van der Waals surface area (Å²) in [6.07, 6.45) is 4.12. The van der Waals surface area contributed by atoms with E-state index >= 15 is 0 Å². The summed E-state index contributed by atoms with van der Waals surface area (Å²) in [4.78, 5) is 12.1. The number of anilines is 1. The summed E-state index contributed by atoms with van der Waals surface area (Å²) >= 11 is 0. The Morgan fingerprint density at radius 3 is 2.92 bits per heavy atom. The third-order valence-corrected chi connectivity index (χ3v) is 3.43. The molecule has 0 atom stereocenters. The Balaban J connectivity index is 1.65. The SMILES string of the molecule is CCCOc1ccccc1NC(=O)/C=C/c1ccc2c(c1)OCO2. The first-order chi connectivity index (χ1) is 11.8. The number of hydrogen-bond donors (Lipinski definition) is 1. The van der Waals surface area contributed by atoms with Crippen molar-refractivity contribution in [1.29, 1.82) is 0 Å². The van der Waals surface area contributed by atoms with Gasteiger partial charge in [0.25, 0.3) is 0 Å². The average molecular weight is 325 g/mol. The van der Waals surface area contributed by atoms with Crippen molar-refractivity contribution in [3.63, 3.8) is 0 Å². The Hall–Kier alpha value is -2.95. The fourth-order valence-electron chi connectivity index (χ4n) is 2.27. The highest BCUT2D eigenvalue weighted by Gasteiger charge is 2.12. The van der Waals surface area contributed by atoms with Crippen molar-refractivity contribution in [2.45, 2.75) is 13.3 Å². The third-order valence-electron chi connectivity index (χ3n) is 3.43. The van der Waals surface area contributed by atoms with E-state index < -0.39 is 0 Å². The van der Waals surface area contributed by atoms with Crippen molar-refractivity contribution in [2.24, 2.45) is 0 Å². The Morgan fingerprint density at radius 2 is 2.04 bits per heavy atom. The lowest BCUT2D eigenvalue weighted by molar-refractivity contribution is -0.111. The number of ether oxygens (including phenoxy) is 3. The van der Waals surface area contributed by atoms with Gasteiger partial charge in [-0.25, -0.2) is 0 Å². The number of nitrogens with one attached hydrogen (secondary N) is 1. The van der Waals surface area contributed by atoms with Crippen LogP contribution in [0.2, 0.25) is 0 Å². The van der Waals surface area contributed by atoms with E-state index in [1.807, 2.05) is 49.4 Å². The van der Waals surface area contributed by atoms with E-state index in [-0.39, 0.29) is 12.7 Å². The molecule has 1 aliphatic rings. The zero-order valence-corrected chi connectivity index (χ0v) is 13.5. The maximum Gasteiger partial charge on any atom is 0.248 e. The molecule has 0 saturated heterocycles. The molecule has 24 heavy (non-hydrogen) atoms. The fourth-order valence-corrected chi connectivity index (χ4v) is 2.27. The molecule has 0 fully saturated rings. The molecular formula is C19H19NO4. The second kappa shape index (κ2) is 7.55. The van der Waals surface area contributed by atoms with E-state index in [4.69, 9.17) is 14.2 Å². The zero-order valence-electron chi connectivity index (χ0n) is 13.5. The maximum absolute atomic E-state index is 12.1.